The first-order valence-corrected chi connectivity index (χ1v) is 15.5. The number of aryl methyl sites for hydroxylation is 2. The first-order valence-electron chi connectivity index (χ1n) is 14.7. The van der Waals surface area contributed by atoms with Gasteiger partial charge in [0.15, 0.2) is 5.78 Å². The number of pyridine rings is 1. The number of rotatable bonds is 9. The number of nitrogens with zero attached hydrogens (tertiary/aromatic N) is 2. The number of halogens is 1. The van der Waals surface area contributed by atoms with Crippen LogP contribution >= 0.6 is 11.3 Å². The highest BCUT2D eigenvalue weighted by atomic mass is 32.1. The lowest BCUT2D eigenvalue weighted by molar-refractivity contribution is -0.113. The van der Waals surface area contributed by atoms with E-state index in [0.29, 0.717) is 45.2 Å². The average molecular weight is 605 g/mol. The molecule has 43 heavy (non-hydrogen) atoms. The number of anilines is 2. The number of allylic oxidation sites excluding steroid dienone is 4. The molecule has 0 bridgehead atoms. The fourth-order valence-corrected chi connectivity index (χ4v) is 5.84. The molecule has 0 saturated carbocycles. The molecule has 9 heteroatoms. The lowest BCUT2D eigenvalue weighted by Crippen LogP contribution is -2.26. The van der Waals surface area contributed by atoms with Crippen LogP contribution in [0.15, 0.2) is 54.4 Å². The zero-order valence-electron chi connectivity index (χ0n) is 26.1. The number of nitrogens with one attached hydrogen (secondary N) is 2. The normalized spacial score (nSPS) is 12.9. The largest absolute Gasteiger partial charge is 0.342 e. The number of carbonyl (C=O) groups excluding carboxylic acids is 3. The van der Waals surface area contributed by atoms with Crippen LogP contribution in [-0.2, 0) is 17.6 Å². The molecule has 2 N–H and O–H groups in total. The van der Waals surface area contributed by atoms with Gasteiger partial charge in [0, 0.05) is 37.3 Å². The fraction of sp³-hybridized carbons (Fsp3) is 0.353. The lowest BCUT2D eigenvalue weighted by atomic mass is 9.97. The molecule has 2 aromatic heterocycles. The van der Waals surface area contributed by atoms with Crippen molar-refractivity contribution in [3.05, 3.63) is 92.2 Å². The topological polar surface area (TPSA) is 91.4 Å². The molecular formula is C34H41FN4O3S. The van der Waals surface area contributed by atoms with E-state index in [4.69, 9.17) is 0 Å². The highest BCUT2D eigenvalue weighted by Crippen LogP contribution is 2.32. The highest BCUT2D eigenvalue weighted by molar-refractivity contribution is 7.14. The molecular weight excluding hydrogens is 563 g/mol. The predicted molar refractivity (Wildman–Crippen MR) is 174 cm³/mol. The van der Waals surface area contributed by atoms with Crippen LogP contribution in [0.4, 0.5) is 15.9 Å². The number of amides is 2. The third kappa shape index (κ3) is 8.26. The van der Waals surface area contributed by atoms with Crippen molar-refractivity contribution in [2.45, 2.75) is 67.2 Å². The van der Waals surface area contributed by atoms with Crippen LogP contribution in [0.2, 0.25) is 0 Å². The van der Waals surface area contributed by atoms with Crippen LogP contribution in [0.25, 0.3) is 5.57 Å². The summed E-state index contributed by atoms with van der Waals surface area (Å²) < 4.78 is 14.9. The number of ketones is 1. The van der Waals surface area contributed by atoms with Crippen molar-refractivity contribution in [2.75, 3.05) is 24.2 Å². The zero-order chi connectivity index (χ0) is 31.7. The van der Waals surface area contributed by atoms with Crippen LogP contribution in [-0.4, -0.2) is 41.1 Å². The number of hydrogen-bond acceptors (Lipinski definition) is 6. The second kappa shape index (κ2) is 15.4. The number of benzene rings is 1. The van der Waals surface area contributed by atoms with E-state index in [0.717, 1.165) is 25.7 Å². The number of fused-ring (bicyclic) bond motifs is 1. The zero-order valence-corrected chi connectivity index (χ0v) is 26.9. The minimum Gasteiger partial charge on any atom is -0.342 e. The fourth-order valence-electron chi connectivity index (χ4n) is 4.69. The van der Waals surface area contributed by atoms with Crippen molar-refractivity contribution in [1.82, 2.24) is 9.88 Å². The predicted octanol–water partition coefficient (Wildman–Crippen LogP) is 7.83. The van der Waals surface area contributed by atoms with Gasteiger partial charge in [-0.2, -0.15) is 0 Å². The summed E-state index contributed by atoms with van der Waals surface area (Å²) >= 11 is 1.51. The van der Waals surface area contributed by atoms with E-state index in [2.05, 4.69) is 15.6 Å². The van der Waals surface area contributed by atoms with Gasteiger partial charge in [0.05, 0.1) is 16.1 Å². The van der Waals surface area contributed by atoms with Gasteiger partial charge in [0.25, 0.3) is 11.8 Å². The van der Waals surface area contributed by atoms with Gasteiger partial charge in [-0.1, -0.05) is 19.9 Å². The molecule has 0 aliphatic heterocycles. The maximum Gasteiger partial charge on any atom is 0.265 e. The van der Waals surface area contributed by atoms with Gasteiger partial charge >= 0.3 is 0 Å². The Labute approximate surface area is 257 Å². The summed E-state index contributed by atoms with van der Waals surface area (Å²) in [4.78, 5) is 45.8. The van der Waals surface area contributed by atoms with Gasteiger partial charge < -0.3 is 15.5 Å². The lowest BCUT2D eigenvalue weighted by Gasteiger charge is -2.16. The second-order valence-electron chi connectivity index (χ2n) is 10.1. The summed E-state index contributed by atoms with van der Waals surface area (Å²) in [5.74, 6) is -0.768. The third-order valence-electron chi connectivity index (χ3n) is 7.24. The molecule has 1 aromatic carbocycles. The molecule has 4 rings (SSSR count). The Kier molecular flexibility index (Phi) is 11.9. The first kappa shape index (κ1) is 33.4. The average Bonchev–Trinajstić information content (AvgIpc) is 3.46. The molecule has 2 heterocycles. The summed E-state index contributed by atoms with van der Waals surface area (Å²) in [5, 5.41) is 5.92. The van der Waals surface area contributed by atoms with Crippen molar-refractivity contribution in [3.8, 4) is 0 Å². The Morgan fingerprint density at radius 1 is 1.09 bits per heavy atom. The smallest absolute Gasteiger partial charge is 0.265 e. The van der Waals surface area contributed by atoms with Crippen LogP contribution in [0.3, 0.4) is 0 Å². The molecule has 0 unspecified atom stereocenters. The van der Waals surface area contributed by atoms with E-state index in [1.165, 1.54) is 47.0 Å². The molecule has 1 aliphatic rings. The summed E-state index contributed by atoms with van der Waals surface area (Å²) in [6.45, 7) is 11.5. The standard InChI is InChI=1S/C32H35FN4O3S.C2H6/c1-6-21(14-27(20(4)38)35-30-13-12-23(18-34-30)32(40)37(5)7-2)25-16-24(33)17-26(19(25)3)36-31(39)29-15-22-10-8-9-11-28(22)41-29;1-2/h6,12-18H,7-11H2,1-5H3,(H,34,35)(H,36,39);1-2H3/b21-6+,27-14+;. The van der Waals surface area contributed by atoms with Crippen LogP contribution in [0, 0.1) is 12.7 Å². The van der Waals surface area contributed by atoms with Gasteiger partial charge in [0.2, 0.25) is 0 Å². The second-order valence-corrected chi connectivity index (χ2v) is 11.2. The van der Waals surface area contributed by atoms with Gasteiger partial charge in [-0.05, 0) is 105 Å². The van der Waals surface area contributed by atoms with Gasteiger partial charge in [-0.15, -0.1) is 11.3 Å². The van der Waals surface area contributed by atoms with Gasteiger partial charge in [0.1, 0.15) is 11.6 Å². The number of thiophene rings is 1. The number of carbonyl (C=O) groups is 3. The van der Waals surface area contributed by atoms with E-state index in [1.54, 1.807) is 43.2 Å². The Morgan fingerprint density at radius 3 is 2.42 bits per heavy atom. The molecule has 0 radical (unpaired) electrons. The van der Waals surface area contributed by atoms with E-state index in [9.17, 15) is 18.8 Å². The third-order valence-corrected chi connectivity index (χ3v) is 8.47. The van der Waals surface area contributed by atoms with Gasteiger partial charge in [-0.25, -0.2) is 9.37 Å². The Hall–Kier alpha value is -4.11. The van der Waals surface area contributed by atoms with Crippen molar-refractivity contribution in [1.29, 1.82) is 0 Å². The molecule has 1 aliphatic carbocycles. The van der Waals surface area contributed by atoms with Crippen molar-refractivity contribution >= 4 is 46.0 Å². The summed E-state index contributed by atoms with van der Waals surface area (Å²) in [7, 11) is 1.71. The van der Waals surface area contributed by atoms with Crippen LogP contribution in [0.5, 0.6) is 0 Å². The monoisotopic (exact) mass is 604 g/mol. The molecule has 0 fully saturated rings. The molecule has 0 saturated heterocycles. The minimum absolute atomic E-state index is 0.145. The van der Waals surface area contributed by atoms with Crippen molar-refractivity contribution in [3.63, 3.8) is 0 Å². The van der Waals surface area contributed by atoms with Crippen LogP contribution < -0.4 is 10.6 Å². The molecule has 0 spiro atoms. The highest BCUT2D eigenvalue weighted by Gasteiger charge is 2.20. The minimum atomic E-state index is -0.504. The van der Waals surface area contributed by atoms with E-state index >= 15 is 0 Å². The van der Waals surface area contributed by atoms with E-state index < -0.39 is 5.82 Å². The Balaban J connectivity index is 0.00000248. The molecule has 0 atom stereocenters. The van der Waals surface area contributed by atoms with E-state index in [-0.39, 0.29) is 23.3 Å². The van der Waals surface area contributed by atoms with Crippen LogP contribution in [0.1, 0.15) is 89.1 Å². The summed E-state index contributed by atoms with van der Waals surface area (Å²) in [5.41, 5.74) is 4.11. The van der Waals surface area contributed by atoms with Crippen molar-refractivity contribution < 1.29 is 18.8 Å². The first-order chi connectivity index (χ1) is 20.6. The number of Topliss-reactive ketones (excluding diaryl/α,β-unsaturated/α-hetero) is 1. The Morgan fingerprint density at radius 2 is 1.81 bits per heavy atom. The Bertz CT molecular complexity index is 1520. The number of aromatic nitrogens is 1. The van der Waals surface area contributed by atoms with E-state index in [1.807, 2.05) is 33.8 Å². The van der Waals surface area contributed by atoms with Crippen molar-refractivity contribution in [2.24, 2.45) is 0 Å². The molecule has 228 valence electrons. The molecule has 2 amide bonds. The SMILES string of the molecule is C/C=C(\C=C(\Nc1ccc(C(=O)N(C)CC)cn1)C(C)=O)c1cc(F)cc(NC(=O)c2cc3c(s2)CCCC3)c1C.CC. The maximum atomic E-state index is 14.9. The molecule has 7 nitrogen and oxygen atoms in total. The number of hydrogen-bond donors (Lipinski definition) is 2. The summed E-state index contributed by atoms with van der Waals surface area (Å²) in [6.07, 6.45) is 9.12. The van der Waals surface area contributed by atoms with Gasteiger partial charge in [-0.3, -0.25) is 14.4 Å². The maximum absolute atomic E-state index is 14.9. The summed E-state index contributed by atoms with van der Waals surface area (Å²) in [6, 6.07) is 7.93. The quantitative estimate of drug-likeness (QED) is 0.192. The molecule has 3 aromatic rings.